The molecule has 0 spiro atoms. The zero-order chi connectivity index (χ0) is 21.5. The Kier molecular flexibility index (Phi) is 4.88. The number of amides is 1. The highest BCUT2D eigenvalue weighted by Crippen LogP contribution is 2.45. The molecule has 158 valence electrons. The van der Waals surface area contributed by atoms with E-state index >= 15 is 0 Å². The first-order valence-corrected chi connectivity index (χ1v) is 9.98. The van der Waals surface area contributed by atoms with Crippen molar-refractivity contribution in [3.63, 3.8) is 0 Å². The second-order valence-electron chi connectivity index (χ2n) is 8.75. The molecular weight excluding hydrogens is 384 g/mol. The summed E-state index contributed by atoms with van der Waals surface area (Å²) in [5.74, 6) is -0.346. The number of fused-ring (bicyclic) bond motifs is 2. The number of nitrogens with zero attached hydrogens (tertiary/aromatic N) is 4. The van der Waals surface area contributed by atoms with Crippen molar-refractivity contribution in [2.24, 2.45) is 5.41 Å². The first kappa shape index (κ1) is 20.1. The molecule has 1 fully saturated rings. The normalized spacial score (nSPS) is 20.7. The number of rotatable bonds is 2. The lowest BCUT2D eigenvalue weighted by molar-refractivity contribution is -0.152. The summed E-state index contributed by atoms with van der Waals surface area (Å²) >= 11 is 0. The molecule has 2 aromatic heterocycles. The van der Waals surface area contributed by atoms with Gasteiger partial charge >= 0.3 is 12.1 Å². The Morgan fingerprint density at radius 1 is 1.23 bits per heavy atom. The van der Waals surface area contributed by atoms with E-state index in [1.54, 1.807) is 23.5 Å². The predicted octanol–water partition coefficient (Wildman–Crippen LogP) is 3.01. The Bertz CT molecular complexity index is 1010. The highest BCUT2D eigenvalue weighted by Gasteiger charge is 2.51. The van der Waals surface area contributed by atoms with Gasteiger partial charge in [0.15, 0.2) is 0 Å². The Morgan fingerprint density at radius 3 is 2.70 bits per heavy atom. The third-order valence-electron chi connectivity index (χ3n) is 5.53. The highest BCUT2D eigenvalue weighted by atomic mass is 16.6. The molecule has 8 nitrogen and oxygen atoms in total. The number of likely N-dealkylation sites (tertiary alicyclic amines) is 1. The summed E-state index contributed by atoms with van der Waals surface area (Å²) in [6.07, 6.45) is 7.81. The zero-order valence-corrected chi connectivity index (χ0v) is 17.7. The van der Waals surface area contributed by atoms with Crippen LogP contribution in [-0.2, 0) is 20.7 Å². The Balaban J connectivity index is 1.70. The summed E-state index contributed by atoms with van der Waals surface area (Å²) in [6, 6.07) is 3.80. The summed E-state index contributed by atoms with van der Waals surface area (Å²) in [6.45, 7) is 6.19. The number of ether oxygens (including phenoxy) is 2. The summed E-state index contributed by atoms with van der Waals surface area (Å²) < 4.78 is 12.6. The van der Waals surface area contributed by atoms with E-state index in [1.807, 2.05) is 43.7 Å². The van der Waals surface area contributed by atoms with Crippen LogP contribution in [0.4, 0.5) is 4.79 Å². The molecule has 0 N–H and O–H groups in total. The number of carbonyl (C=O) groups excluding carboxylic acids is 2. The van der Waals surface area contributed by atoms with E-state index < -0.39 is 17.1 Å². The fourth-order valence-corrected chi connectivity index (χ4v) is 4.18. The topological polar surface area (TPSA) is 86.5 Å². The largest absolute Gasteiger partial charge is 0.468 e. The van der Waals surface area contributed by atoms with Gasteiger partial charge < -0.3 is 14.4 Å². The number of hydrogen-bond acceptors (Lipinski definition) is 6. The van der Waals surface area contributed by atoms with Crippen molar-refractivity contribution in [3.05, 3.63) is 47.6 Å². The molecular formula is C22H26N4O4. The SMILES string of the molecule is COC(=O)[C@]12Cc3cnn(-c4cccnc4)c3C=C1CCN(C(=O)OC(C)(C)C)C2. The summed E-state index contributed by atoms with van der Waals surface area (Å²) in [5, 5.41) is 4.52. The molecule has 0 aromatic carbocycles. The molecule has 1 aliphatic heterocycles. The minimum absolute atomic E-state index is 0.220. The maximum absolute atomic E-state index is 13.0. The maximum atomic E-state index is 13.0. The number of aromatic nitrogens is 3. The summed E-state index contributed by atoms with van der Waals surface area (Å²) in [5.41, 5.74) is 2.14. The number of hydrogen-bond donors (Lipinski definition) is 0. The minimum Gasteiger partial charge on any atom is -0.468 e. The van der Waals surface area contributed by atoms with Crippen LogP contribution in [0.15, 0.2) is 36.3 Å². The monoisotopic (exact) mass is 410 g/mol. The van der Waals surface area contributed by atoms with Crippen LogP contribution in [0.1, 0.15) is 38.4 Å². The van der Waals surface area contributed by atoms with Gasteiger partial charge in [0.25, 0.3) is 0 Å². The van der Waals surface area contributed by atoms with Gasteiger partial charge in [-0.15, -0.1) is 0 Å². The molecule has 30 heavy (non-hydrogen) atoms. The molecule has 3 heterocycles. The Morgan fingerprint density at radius 2 is 2.03 bits per heavy atom. The Hall–Kier alpha value is -3.16. The van der Waals surface area contributed by atoms with Gasteiger partial charge in [0.1, 0.15) is 11.0 Å². The average Bonchev–Trinajstić information content (AvgIpc) is 3.12. The van der Waals surface area contributed by atoms with Crippen molar-refractivity contribution in [2.75, 3.05) is 20.2 Å². The lowest BCUT2D eigenvalue weighted by atomic mass is 9.68. The molecule has 4 rings (SSSR count). The van der Waals surface area contributed by atoms with Gasteiger partial charge in [0, 0.05) is 19.3 Å². The number of esters is 1. The van der Waals surface area contributed by atoms with E-state index in [0.29, 0.717) is 19.4 Å². The molecule has 0 radical (unpaired) electrons. The van der Waals surface area contributed by atoms with E-state index in [0.717, 1.165) is 22.5 Å². The highest BCUT2D eigenvalue weighted by molar-refractivity contribution is 5.86. The van der Waals surface area contributed by atoms with Crippen LogP contribution in [0, 0.1) is 5.41 Å². The molecule has 8 heteroatoms. The van der Waals surface area contributed by atoms with Gasteiger partial charge in [-0.25, -0.2) is 9.48 Å². The van der Waals surface area contributed by atoms with Gasteiger partial charge in [-0.2, -0.15) is 5.10 Å². The van der Waals surface area contributed by atoms with Crippen molar-refractivity contribution in [2.45, 2.75) is 39.2 Å². The van der Waals surface area contributed by atoms with Crippen LogP contribution in [0.25, 0.3) is 11.8 Å². The molecule has 1 aliphatic carbocycles. The molecule has 0 saturated carbocycles. The fourth-order valence-electron chi connectivity index (χ4n) is 4.18. The second-order valence-corrected chi connectivity index (χ2v) is 8.75. The first-order chi connectivity index (χ1) is 14.2. The summed E-state index contributed by atoms with van der Waals surface area (Å²) in [7, 11) is 1.38. The van der Waals surface area contributed by atoms with Crippen LogP contribution in [0.2, 0.25) is 0 Å². The number of methoxy groups -OCH3 is 1. The molecule has 2 aromatic rings. The van der Waals surface area contributed by atoms with E-state index in [2.05, 4.69) is 10.1 Å². The molecule has 0 bridgehead atoms. The Labute approximate surface area is 175 Å². The van der Waals surface area contributed by atoms with E-state index in [1.165, 1.54) is 7.11 Å². The quantitative estimate of drug-likeness (QED) is 0.708. The van der Waals surface area contributed by atoms with Crippen molar-refractivity contribution in [3.8, 4) is 5.69 Å². The average molecular weight is 410 g/mol. The van der Waals surface area contributed by atoms with Crippen LogP contribution >= 0.6 is 0 Å². The summed E-state index contributed by atoms with van der Waals surface area (Å²) in [4.78, 5) is 31.4. The van der Waals surface area contributed by atoms with Crippen LogP contribution in [0.5, 0.6) is 0 Å². The van der Waals surface area contributed by atoms with Crippen LogP contribution in [-0.4, -0.2) is 57.5 Å². The van der Waals surface area contributed by atoms with Gasteiger partial charge in [-0.05, 0) is 63.0 Å². The fraction of sp³-hybridized carbons (Fsp3) is 0.455. The maximum Gasteiger partial charge on any atom is 0.410 e. The van der Waals surface area contributed by atoms with Crippen LogP contribution < -0.4 is 0 Å². The molecule has 1 amide bonds. The van der Waals surface area contributed by atoms with Gasteiger partial charge in [-0.3, -0.25) is 9.78 Å². The standard InChI is InChI=1S/C22H26N4O4/c1-21(2,3)30-20(28)25-9-7-16-10-18-15(11-22(16,14-25)19(27)29-4)12-24-26(18)17-6-5-8-23-13-17/h5-6,8,10,12-13H,7,9,11,14H2,1-4H3/t22-/m0/s1. The van der Waals surface area contributed by atoms with Crippen molar-refractivity contribution >= 4 is 18.1 Å². The third kappa shape index (κ3) is 3.46. The van der Waals surface area contributed by atoms with Gasteiger partial charge in [0.2, 0.25) is 0 Å². The molecule has 0 unspecified atom stereocenters. The van der Waals surface area contributed by atoms with E-state index in [-0.39, 0.29) is 12.5 Å². The molecule has 2 aliphatic rings. The minimum atomic E-state index is -0.931. The third-order valence-corrected chi connectivity index (χ3v) is 5.53. The van der Waals surface area contributed by atoms with Crippen molar-refractivity contribution < 1.29 is 19.1 Å². The molecule has 1 saturated heterocycles. The van der Waals surface area contributed by atoms with E-state index in [9.17, 15) is 9.59 Å². The zero-order valence-electron chi connectivity index (χ0n) is 17.7. The van der Waals surface area contributed by atoms with Gasteiger partial charge in [-0.1, -0.05) is 0 Å². The van der Waals surface area contributed by atoms with Crippen LogP contribution in [0.3, 0.4) is 0 Å². The predicted molar refractivity (Wildman–Crippen MR) is 110 cm³/mol. The number of carbonyl (C=O) groups is 2. The number of piperidine rings is 1. The van der Waals surface area contributed by atoms with E-state index in [4.69, 9.17) is 9.47 Å². The molecule has 1 atom stereocenters. The second kappa shape index (κ2) is 7.27. The lowest BCUT2D eigenvalue weighted by Crippen LogP contribution is -2.54. The number of pyridine rings is 1. The smallest absolute Gasteiger partial charge is 0.410 e. The first-order valence-electron chi connectivity index (χ1n) is 9.98. The lowest BCUT2D eigenvalue weighted by Gasteiger charge is -2.44. The van der Waals surface area contributed by atoms with Gasteiger partial charge in [0.05, 0.1) is 30.9 Å². The van der Waals surface area contributed by atoms with Crippen molar-refractivity contribution in [1.82, 2.24) is 19.7 Å². The van der Waals surface area contributed by atoms with Crippen molar-refractivity contribution in [1.29, 1.82) is 0 Å².